The Bertz CT molecular complexity index is 611. The van der Waals surface area contributed by atoms with Gasteiger partial charge in [-0.05, 0) is 29.8 Å². The smallest absolute Gasteiger partial charge is 0.169 e. The number of ether oxygens (including phenoxy) is 1. The number of nitrogen functional groups attached to an aromatic ring is 1. The van der Waals surface area contributed by atoms with Crippen LogP contribution in [0.3, 0.4) is 0 Å². The highest BCUT2D eigenvalue weighted by Crippen LogP contribution is 2.21. The van der Waals surface area contributed by atoms with Gasteiger partial charge in [-0.2, -0.15) is 0 Å². The van der Waals surface area contributed by atoms with E-state index in [0.717, 1.165) is 0 Å². The van der Waals surface area contributed by atoms with E-state index >= 15 is 0 Å². The van der Waals surface area contributed by atoms with Gasteiger partial charge in [0, 0.05) is 17.7 Å². The molecule has 0 bridgehead atoms. The van der Waals surface area contributed by atoms with Gasteiger partial charge in [0.1, 0.15) is 11.6 Å². The van der Waals surface area contributed by atoms with Gasteiger partial charge in [0.25, 0.3) is 0 Å². The second-order valence-electron chi connectivity index (χ2n) is 4.14. The van der Waals surface area contributed by atoms with E-state index in [1.165, 1.54) is 13.2 Å². The van der Waals surface area contributed by atoms with Crippen molar-refractivity contribution in [2.45, 2.75) is 6.42 Å². The van der Waals surface area contributed by atoms with E-state index in [1.807, 2.05) is 0 Å². The SMILES string of the molecule is COc1ccc(N)c(C(=O)Cc2ccccc2F)c1. The van der Waals surface area contributed by atoms with Gasteiger partial charge in [-0.25, -0.2) is 4.39 Å². The van der Waals surface area contributed by atoms with E-state index in [1.54, 1.807) is 36.4 Å². The van der Waals surface area contributed by atoms with Gasteiger partial charge in [-0.3, -0.25) is 4.79 Å². The highest BCUT2D eigenvalue weighted by Gasteiger charge is 2.13. The molecule has 19 heavy (non-hydrogen) atoms. The summed E-state index contributed by atoms with van der Waals surface area (Å²) in [5.74, 6) is -0.0788. The number of benzene rings is 2. The maximum absolute atomic E-state index is 13.5. The summed E-state index contributed by atoms with van der Waals surface area (Å²) in [6.07, 6.45) is -0.0238. The van der Waals surface area contributed by atoms with E-state index in [-0.39, 0.29) is 12.2 Å². The summed E-state index contributed by atoms with van der Waals surface area (Å²) >= 11 is 0. The van der Waals surface area contributed by atoms with Gasteiger partial charge in [-0.1, -0.05) is 18.2 Å². The van der Waals surface area contributed by atoms with Gasteiger partial charge < -0.3 is 10.5 Å². The summed E-state index contributed by atoms with van der Waals surface area (Å²) in [5.41, 5.74) is 6.84. The number of rotatable bonds is 4. The van der Waals surface area contributed by atoms with Gasteiger partial charge >= 0.3 is 0 Å². The normalized spacial score (nSPS) is 10.2. The van der Waals surface area contributed by atoms with Crippen molar-refractivity contribution in [1.82, 2.24) is 0 Å². The van der Waals surface area contributed by atoms with Crippen LogP contribution in [0.25, 0.3) is 0 Å². The van der Waals surface area contributed by atoms with Crippen molar-refractivity contribution in [2.75, 3.05) is 12.8 Å². The second-order valence-corrected chi connectivity index (χ2v) is 4.14. The van der Waals surface area contributed by atoms with Crippen molar-refractivity contribution in [3.8, 4) is 5.75 Å². The molecule has 0 spiro atoms. The van der Waals surface area contributed by atoms with E-state index in [0.29, 0.717) is 22.6 Å². The van der Waals surface area contributed by atoms with Crippen LogP contribution in [0.15, 0.2) is 42.5 Å². The van der Waals surface area contributed by atoms with Gasteiger partial charge in [0.05, 0.1) is 7.11 Å². The number of Topliss-reactive ketones (excluding diaryl/α,β-unsaturated/α-hetero) is 1. The quantitative estimate of drug-likeness (QED) is 0.678. The molecule has 0 saturated carbocycles. The Labute approximate surface area is 110 Å². The summed E-state index contributed by atoms with van der Waals surface area (Å²) in [7, 11) is 1.51. The van der Waals surface area contributed by atoms with Crippen molar-refractivity contribution in [2.24, 2.45) is 0 Å². The minimum Gasteiger partial charge on any atom is -0.497 e. The molecule has 98 valence electrons. The minimum atomic E-state index is -0.391. The van der Waals surface area contributed by atoms with Crippen molar-refractivity contribution in [3.05, 3.63) is 59.4 Å². The van der Waals surface area contributed by atoms with Crippen LogP contribution in [0.4, 0.5) is 10.1 Å². The minimum absolute atomic E-state index is 0.0238. The zero-order valence-electron chi connectivity index (χ0n) is 10.5. The molecule has 2 rings (SSSR count). The third-order valence-corrected chi connectivity index (χ3v) is 2.87. The average molecular weight is 259 g/mol. The average Bonchev–Trinajstić information content (AvgIpc) is 2.42. The molecular weight excluding hydrogens is 245 g/mol. The Hall–Kier alpha value is -2.36. The van der Waals surface area contributed by atoms with E-state index in [2.05, 4.69) is 0 Å². The summed E-state index contributed by atoms with van der Waals surface area (Å²) in [5, 5.41) is 0. The molecule has 0 heterocycles. The number of halogens is 1. The topological polar surface area (TPSA) is 52.3 Å². The van der Waals surface area contributed by atoms with Gasteiger partial charge in [0.15, 0.2) is 5.78 Å². The first-order valence-corrected chi connectivity index (χ1v) is 5.82. The van der Waals surface area contributed by atoms with Crippen molar-refractivity contribution < 1.29 is 13.9 Å². The van der Waals surface area contributed by atoms with Crippen LogP contribution in [0.5, 0.6) is 5.75 Å². The maximum Gasteiger partial charge on any atom is 0.169 e. The highest BCUT2D eigenvalue weighted by molar-refractivity contribution is 6.02. The summed E-state index contributed by atoms with van der Waals surface area (Å²) in [6, 6.07) is 11.0. The maximum atomic E-state index is 13.5. The van der Waals surface area contributed by atoms with Crippen LogP contribution < -0.4 is 10.5 Å². The third kappa shape index (κ3) is 2.91. The number of carbonyl (C=O) groups is 1. The molecular formula is C15H14FNO2. The molecule has 0 aliphatic rings. The number of ketones is 1. The Morgan fingerprint density at radius 1 is 1.26 bits per heavy atom. The fourth-order valence-corrected chi connectivity index (χ4v) is 1.81. The van der Waals surface area contributed by atoms with Crippen molar-refractivity contribution in [1.29, 1.82) is 0 Å². The van der Waals surface area contributed by atoms with Crippen LogP contribution in [-0.4, -0.2) is 12.9 Å². The fraction of sp³-hybridized carbons (Fsp3) is 0.133. The molecule has 4 heteroatoms. The lowest BCUT2D eigenvalue weighted by Crippen LogP contribution is -2.08. The fourth-order valence-electron chi connectivity index (χ4n) is 1.81. The lowest BCUT2D eigenvalue weighted by Gasteiger charge is -2.08. The Morgan fingerprint density at radius 2 is 2.00 bits per heavy atom. The molecule has 2 aromatic rings. The third-order valence-electron chi connectivity index (χ3n) is 2.87. The van der Waals surface area contributed by atoms with E-state index < -0.39 is 5.82 Å². The highest BCUT2D eigenvalue weighted by atomic mass is 19.1. The second kappa shape index (κ2) is 5.52. The van der Waals surface area contributed by atoms with Crippen LogP contribution in [0.1, 0.15) is 15.9 Å². The van der Waals surface area contributed by atoms with Crippen LogP contribution in [0, 0.1) is 5.82 Å². The van der Waals surface area contributed by atoms with Gasteiger partial charge in [-0.15, -0.1) is 0 Å². The molecule has 0 unspecified atom stereocenters. The van der Waals surface area contributed by atoms with Crippen LogP contribution in [0.2, 0.25) is 0 Å². The number of carbonyl (C=O) groups excluding carboxylic acids is 1. The van der Waals surface area contributed by atoms with Crippen molar-refractivity contribution >= 4 is 11.5 Å². The van der Waals surface area contributed by atoms with E-state index in [9.17, 15) is 9.18 Å². The lowest BCUT2D eigenvalue weighted by atomic mass is 10.0. The monoisotopic (exact) mass is 259 g/mol. The number of anilines is 1. The molecule has 0 aromatic heterocycles. The number of nitrogens with two attached hydrogens (primary N) is 1. The summed E-state index contributed by atoms with van der Waals surface area (Å²) < 4.78 is 18.6. The van der Waals surface area contributed by atoms with Crippen LogP contribution >= 0.6 is 0 Å². The predicted octanol–water partition coefficient (Wildman–Crippen LogP) is 2.84. The first kappa shape index (κ1) is 13.1. The van der Waals surface area contributed by atoms with Crippen molar-refractivity contribution in [3.63, 3.8) is 0 Å². The molecule has 0 saturated heterocycles. The van der Waals surface area contributed by atoms with Gasteiger partial charge in [0.2, 0.25) is 0 Å². The Kier molecular flexibility index (Phi) is 3.80. The number of hydrogen-bond acceptors (Lipinski definition) is 3. The zero-order valence-corrected chi connectivity index (χ0v) is 10.5. The summed E-state index contributed by atoms with van der Waals surface area (Å²) in [6.45, 7) is 0. The molecule has 0 aliphatic carbocycles. The molecule has 2 N–H and O–H groups in total. The number of hydrogen-bond donors (Lipinski definition) is 1. The Morgan fingerprint density at radius 3 is 2.68 bits per heavy atom. The first-order valence-electron chi connectivity index (χ1n) is 5.82. The molecule has 0 fully saturated rings. The lowest BCUT2D eigenvalue weighted by molar-refractivity contribution is 0.0992. The standard InChI is InChI=1S/C15H14FNO2/c1-19-11-6-7-14(17)12(9-11)15(18)8-10-4-2-3-5-13(10)16/h2-7,9H,8,17H2,1H3. The summed E-state index contributed by atoms with van der Waals surface area (Å²) in [4.78, 5) is 12.2. The van der Waals surface area contributed by atoms with E-state index in [4.69, 9.17) is 10.5 Å². The first-order chi connectivity index (χ1) is 9.11. The molecule has 0 aliphatic heterocycles. The zero-order chi connectivity index (χ0) is 13.8. The molecule has 0 amide bonds. The molecule has 2 aromatic carbocycles. The molecule has 3 nitrogen and oxygen atoms in total. The van der Waals surface area contributed by atoms with Crippen LogP contribution in [-0.2, 0) is 6.42 Å². The Balaban J connectivity index is 2.28. The number of methoxy groups -OCH3 is 1. The molecule has 0 radical (unpaired) electrons. The molecule has 0 atom stereocenters. The largest absolute Gasteiger partial charge is 0.497 e. The predicted molar refractivity (Wildman–Crippen MR) is 71.8 cm³/mol.